The molecular formula is C29H36N2O6. The summed E-state index contributed by atoms with van der Waals surface area (Å²) in [5.74, 6) is 0.216. The molecule has 0 aromatic heterocycles. The first-order chi connectivity index (χ1) is 17.9. The molecule has 8 nitrogen and oxygen atoms in total. The van der Waals surface area contributed by atoms with E-state index in [1.165, 1.54) is 0 Å². The molecule has 0 spiro atoms. The molecule has 198 valence electrons. The van der Waals surface area contributed by atoms with Crippen molar-refractivity contribution in [2.24, 2.45) is 5.92 Å². The smallest absolute Gasteiger partial charge is 0.306 e. The highest BCUT2D eigenvalue weighted by Crippen LogP contribution is 2.41. The largest absolute Gasteiger partial charge is 0.497 e. The van der Waals surface area contributed by atoms with Gasteiger partial charge in [-0.05, 0) is 80.5 Å². The van der Waals surface area contributed by atoms with Crippen LogP contribution in [0.5, 0.6) is 11.5 Å². The number of carboxylic acids is 1. The summed E-state index contributed by atoms with van der Waals surface area (Å²) in [4.78, 5) is 36.8. The van der Waals surface area contributed by atoms with Gasteiger partial charge in [0.25, 0.3) is 5.91 Å². The van der Waals surface area contributed by atoms with Gasteiger partial charge in [0.1, 0.15) is 11.5 Å². The zero-order valence-electron chi connectivity index (χ0n) is 21.3. The second-order valence-corrected chi connectivity index (χ2v) is 9.98. The average Bonchev–Trinajstić information content (AvgIpc) is 3.43. The van der Waals surface area contributed by atoms with Gasteiger partial charge in [-0.1, -0.05) is 25.0 Å². The first-order valence-corrected chi connectivity index (χ1v) is 13.1. The standard InChI is InChI=1S/C29H36N2O6/c1-36-23-14-8-22(9-15-23)29(16-2-3-17-29)28(35)31-19-18-30-26(32)20-4-10-24(11-5-20)37-25-12-6-21(7-13-25)27(33)34/h4-5,8-11,14-15,21,25H,2-3,6-7,12-13,16-19H2,1H3,(H,30,32)(H,31,35)(H,33,34)/t21-,25+. The van der Waals surface area contributed by atoms with Crippen LogP contribution in [0.4, 0.5) is 0 Å². The number of nitrogens with one attached hydrogen (secondary N) is 2. The maximum Gasteiger partial charge on any atom is 0.306 e. The minimum atomic E-state index is -0.733. The van der Waals surface area contributed by atoms with Crippen LogP contribution in [0.2, 0.25) is 0 Å². The Morgan fingerprint density at radius 2 is 1.46 bits per heavy atom. The van der Waals surface area contributed by atoms with Crippen molar-refractivity contribution in [2.75, 3.05) is 20.2 Å². The first kappa shape index (κ1) is 26.5. The quantitative estimate of drug-likeness (QED) is 0.417. The molecule has 0 heterocycles. The van der Waals surface area contributed by atoms with Crippen molar-refractivity contribution >= 4 is 17.8 Å². The van der Waals surface area contributed by atoms with Gasteiger partial charge < -0.3 is 25.2 Å². The van der Waals surface area contributed by atoms with Gasteiger partial charge in [0, 0.05) is 18.7 Å². The van der Waals surface area contributed by atoms with Gasteiger partial charge in [-0.15, -0.1) is 0 Å². The molecule has 2 aromatic rings. The number of methoxy groups -OCH3 is 1. The number of amides is 2. The Bertz CT molecular complexity index is 1070. The third-order valence-corrected chi connectivity index (χ3v) is 7.67. The summed E-state index contributed by atoms with van der Waals surface area (Å²) in [6.07, 6.45) is 6.32. The Morgan fingerprint density at radius 1 is 0.865 bits per heavy atom. The number of carbonyl (C=O) groups is 3. The first-order valence-electron chi connectivity index (χ1n) is 13.1. The molecule has 0 bridgehead atoms. The van der Waals surface area contributed by atoms with Gasteiger partial charge in [0.05, 0.1) is 24.5 Å². The van der Waals surface area contributed by atoms with Crippen LogP contribution in [-0.2, 0) is 15.0 Å². The Hall–Kier alpha value is -3.55. The predicted octanol–water partition coefficient (Wildman–Crippen LogP) is 4.08. The molecule has 0 saturated heterocycles. The zero-order valence-corrected chi connectivity index (χ0v) is 21.3. The maximum absolute atomic E-state index is 13.2. The molecule has 37 heavy (non-hydrogen) atoms. The SMILES string of the molecule is COc1ccc(C2(C(=O)NCCNC(=O)c3ccc(O[C@H]4CC[C@@H](C(=O)O)CC4)cc3)CCCC2)cc1. The fourth-order valence-corrected chi connectivity index (χ4v) is 5.46. The third kappa shape index (κ3) is 6.42. The highest BCUT2D eigenvalue weighted by atomic mass is 16.5. The summed E-state index contributed by atoms with van der Waals surface area (Å²) >= 11 is 0. The number of aliphatic carboxylic acids is 1. The van der Waals surface area contributed by atoms with Gasteiger partial charge in [-0.2, -0.15) is 0 Å². The summed E-state index contributed by atoms with van der Waals surface area (Å²) in [6, 6.07) is 14.7. The molecule has 8 heteroatoms. The molecule has 2 amide bonds. The molecule has 0 unspecified atom stereocenters. The number of carbonyl (C=O) groups excluding carboxylic acids is 2. The molecule has 2 aliphatic rings. The third-order valence-electron chi connectivity index (χ3n) is 7.67. The maximum atomic E-state index is 13.2. The minimum Gasteiger partial charge on any atom is -0.497 e. The summed E-state index contributed by atoms with van der Waals surface area (Å²) < 4.78 is 11.2. The lowest BCUT2D eigenvalue weighted by molar-refractivity contribution is -0.143. The number of hydrogen-bond donors (Lipinski definition) is 3. The van der Waals surface area contributed by atoms with Crippen molar-refractivity contribution in [2.45, 2.75) is 62.9 Å². The lowest BCUT2D eigenvalue weighted by Gasteiger charge is -2.28. The van der Waals surface area contributed by atoms with E-state index in [1.54, 1.807) is 31.4 Å². The van der Waals surface area contributed by atoms with Crippen molar-refractivity contribution in [1.82, 2.24) is 10.6 Å². The van der Waals surface area contributed by atoms with Crippen LogP contribution in [0.1, 0.15) is 67.3 Å². The highest BCUT2D eigenvalue weighted by molar-refractivity contribution is 5.94. The Morgan fingerprint density at radius 3 is 2.05 bits per heavy atom. The molecule has 4 rings (SSSR count). The molecule has 3 N–H and O–H groups in total. The minimum absolute atomic E-state index is 0.0000335. The second kappa shape index (κ2) is 12.1. The highest BCUT2D eigenvalue weighted by Gasteiger charge is 2.42. The summed E-state index contributed by atoms with van der Waals surface area (Å²) in [7, 11) is 1.63. The molecule has 0 aliphatic heterocycles. The van der Waals surface area contributed by atoms with E-state index >= 15 is 0 Å². The van der Waals surface area contributed by atoms with Crippen molar-refractivity contribution in [3.8, 4) is 11.5 Å². The monoisotopic (exact) mass is 508 g/mol. The van der Waals surface area contributed by atoms with E-state index in [-0.39, 0.29) is 23.8 Å². The molecule has 2 aliphatic carbocycles. The van der Waals surface area contributed by atoms with Crippen LogP contribution in [0.15, 0.2) is 48.5 Å². The van der Waals surface area contributed by atoms with E-state index in [4.69, 9.17) is 14.6 Å². The molecule has 2 aromatic carbocycles. The van der Waals surface area contributed by atoms with E-state index in [9.17, 15) is 14.4 Å². The topological polar surface area (TPSA) is 114 Å². The number of benzene rings is 2. The lowest BCUT2D eigenvalue weighted by atomic mass is 9.78. The lowest BCUT2D eigenvalue weighted by Crippen LogP contribution is -2.45. The van der Waals surface area contributed by atoms with Crippen LogP contribution >= 0.6 is 0 Å². The van der Waals surface area contributed by atoms with Crippen LogP contribution < -0.4 is 20.1 Å². The summed E-state index contributed by atoms with van der Waals surface area (Å²) in [5.41, 5.74) is 0.988. The van der Waals surface area contributed by atoms with Gasteiger partial charge in [-0.25, -0.2) is 0 Å². The molecule has 2 fully saturated rings. The van der Waals surface area contributed by atoms with Gasteiger partial charge in [0.15, 0.2) is 0 Å². The van der Waals surface area contributed by atoms with E-state index < -0.39 is 11.4 Å². The molecule has 0 atom stereocenters. The molecular weight excluding hydrogens is 472 g/mol. The average molecular weight is 509 g/mol. The van der Waals surface area contributed by atoms with Gasteiger partial charge in [0.2, 0.25) is 5.91 Å². The van der Waals surface area contributed by atoms with Crippen molar-refractivity contribution in [3.63, 3.8) is 0 Å². The fourth-order valence-electron chi connectivity index (χ4n) is 5.46. The second-order valence-electron chi connectivity index (χ2n) is 9.98. The predicted molar refractivity (Wildman–Crippen MR) is 139 cm³/mol. The van der Waals surface area contributed by atoms with Crippen LogP contribution in [0, 0.1) is 5.92 Å². The zero-order chi connectivity index (χ0) is 26.3. The Balaban J connectivity index is 1.22. The number of ether oxygens (including phenoxy) is 2. The van der Waals surface area contributed by atoms with E-state index in [2.05, 4.69) is 10.6 Å². The molecule has 0 radical (unpaired) electrons. The Kier molecular flexibility index (Phi) is 8.69. The number of rotatable bonds is 10. The summed E-state index contributed by atoms with van der Waals surface area (Å²) in [6.45, 7) is 0.678. The van der Waals surface area contributed by atoms with Crippen molar-refractivity contribution in [1.29, 1.82) is 0 Å². The van der Waals surface area contributed by atoms with Gasteiger partial charge >= 0.3 is 5.97 Å². The number of hydrogen-bond acceptors (Lipinski definition) is 5. The van der Waals surface area contributed by atoms with Gasteiger partial charge in [-0.3, -0.25) is 14.4 Å². The molecule has 2 saturated carbocycles. The Labute approximate surface area is 217 Å². The van der Waals surface area contributed by atoms with Crippen LogP contribution in [0.25, 0.3) is 0 Å². The fraction of sp³-hybridized carbons (Fsp3) is 0.483. The van der Waals surface area contributed by atoms with E-state index in [0.717, 1.165) is 37.0 Å². The van der Waals surface area contributed by atoms with E-state index in [0.29, 0.717) is 50.1 Å². The van der Waals surface area contributed by atoms with Crippen molar-refractivity contribution in [3.05, 3.63) is 59.7 Å². The van der Waals surface area contributed by atoms with Crippen LogP contribution in [0.3, 0.4) is 0 Å². The summed E-state index contributed by atoms with van der Waals surface area (Å²) in [5, 5.41) is 15.0. The number of carboxylic acid groups (broad SMARTS) is 1. The van der Waals surface area contributed by atoms with Crippen LogP contribution in [-0.4, -0.2) is 49.2 Å². The van der Waals surface area contributed by atoms with Crippen molar-refractivity contribution < 1.29 is 29.0 Å². The van der Waals surface area contributed by atoms with E-state index in [1.807, 2.05) is 24.3 Å². The normalized spacial score (nSPS) is 20.6.